The molecule has 0 bridgehead atoms. The summed E-state index contributed by atoms with van der Waals surface area (Å²) in [4.78, 5) is 3.29. The van der Waals surface area contributed by atoms with Crippen LogP contribution in [0.5, 0.6) is 0 Å². The molecule has 0 unspecified atom stereocenters. The molecule has 80 valence electrons. The van der Waals surface area contributed by atoms with Gasteiger partial charge in [0.05, 0.1) is 4.99 Å². The third kappa shape index (κ3) is 2.09. The van der Waals surface area contributed by atoms with Crippen LogP contribution in [-0.2, 0) is 0 Å². The van der Waals surface area contributed by atoms with Gasteiger partial charge in [0.15, 0.2) is 0 Å². The Morgan fingerprint density at radius 2 is 2.00 bits per heavy atom. The fraction of sp³-hybridized carbons (Fsp3) is 0.909. The highest BCUT2D eigenvalue weighted by molar-refractivity contribution is 7.80. The second-order valence-electron chi connectivity index (χ2n) is 5.10. The van der Waals surface area contributed by atoms with E-state index in [2.05, 4.69) is 11.8 Å². The zero-order chi connectivity index (χ0) is 10.2. The first-order valence-corrected chi connectivity index (χ1v) is 6.05. The van der Waals surface area contributed by atoms with E-state index in [1.54, 1.807) is 0 Å². The highest BCUT2D eigenvalue weighted by Crippen LogP contribution is 2.46. The van der Waals surface area contributed by atoms with Crippen molar-refractivity contribution in [2.45, 2.75) is 32.6 Å². The van der Waals surface area contributed by atoms with Crippen LogP contribution in [-0.4, -0.2) is 29.5 Å². The minimum absolute atomic E-state index is 0.232. The van der Waals surface area contributed by atoms with Crippen molar-refractivity contribution in [1.82, 2.24) is 4.90 Å². The van der Waals surface area contributed by atoms with Crippen LogP contribution in [0.25, 0.3) is 0 Å². The standard InChI is InChI=1S/C11H20N2S/c1-9-2-6-13(7-3-9)8-11(4-5-11)10(12)14/h9H,2-8H2,1H3,(H2,12,14). The van der Waals surface area contributed by atoms with E-state index in [0.29, 0.717) is 0 Å². The molecule has 2 nitrogen and oxygen atoms in total. The minimum Gasteiger partial charge on any atom is -0.393 e. The van der Waals surface area contributed by atoms with Crippen molar-refractivity contribution < 1.29 is 0 Å². The average Bonchev–Trinajstić information content (AvgIpc) is 2.90. The van der Waals surface area contributed by atoms with Gasteiger partial charge in [-0.25, -0.2) is 0 Å². The molecular formula is C11H20N2S. The van der Waals surface area contributed by atoms with Gasteiger partial charge in [0.1, 0.15) is 0 Å². The van der Waals surface area contributed by atoms with Gasteiger partial charge in [-0.2, -0.15) is 0 Å². The van der Waals surface area contributed by atoms with Crippen molar-refractivity contribution in [3.05, 3.63) is 0 Å². The van der Waals surface area contributed by atoms with E-state index in [9.17, 15) is 0 Å². The molecule has 0 aromatic rings. The first kappa shape index (κ1) is 10.4. The Labute approximate surface area is 91.8 Å². The summed E-state index contributed by atoms with van der Waals surface area (Å²) in [5, 5.41) is 0. The number of nitrogens with zero attached hydrogens (tertiary/aromatic N) is 1. The van der Waals surface area contributed by atoms with E-state index < -0.39 is 0 Å². The number of likely N-dealkylation sites (tertiary alicyclic amines) is 1. The van der Waals surface area contributed by atoms with Gasteiger partial charge in [0, 0.05) is 12.0 Å². The maximum Gasteiger partial charge on any atom is 0.0802 e. The van der Waals surface area contributed by atoms with Gasteiger partial charge in [-0.3, -0.25) is 0 Å². The summed E-state index contributed by atoms with van der Waals surface area (Å²) in [7, 11) is 0. The summed E-state index contributed by atoms with van der Waals surface area (Å²) >= 11 is 5.14. The molecule has 14 heavy (non-hydrogen) atoms. The smallest absolute Gasteiger partial charge is 0.0802 e. The Morgan fingerprint density at radius 3 is 2.43 bits per heavy atom. The van der Waals surface area contributed by atoms with Gasteiger partial charge in [-0.05, 0) is 44.7 Å². The van der Waals surface area contributed by atoms with Gasteiger partial charge in [-0.15, -0.1) is 0 Å². The van der Waals surface area contributed by atoms with E-state index >= 15 is 0 Å². The maximum absolute atomic E-state index is 5.78. The molecule has 0 aromatic carbocycles. The normalized spacial score (nSPS) is 27.5. The maximum atomic E-state index is 5.78. The third-order valence-electron chi connectivity index (χ3n) is 3.78. The molecule has 1 aliphatic heterocycles. The first-order chi connectivity index (χ1) is 6.62. The van der Waals surface area contributed by atoms with Gasteiger partial charge >= 0.3 is 0 Å². The van der Waals surface area contributed by atoms with Crippen molar-refractivity contribution >= 4 is 17.2 Å². The lowest BCUT2D eigenvalue weighted by Gasteiger charge is -2.32. The highest BCUT2D eigenvalue weighted by atomic mass is 32.1. The summed E-state index contributed by atoms with van der Waals surface area (Å²) in [5.41, 5.74) is 6.01. The number of hydrogen-bond acceptors (Lipinski definition) is 2. The molecule has 0 aromatic heterocycles. The molecule has 0 atom stereocenters. The van der Waals surface area contributed by atoms with Crippen LogP contribution in [0.2, 0.25) is 0 Å². The second kappa shape index (κ2) is 3.78. The predicted octanol–water partition coefficient (Wildman–Crippen LogP) is 1.78. The third-order valence-corrected chi connectivity index (χ3v) is 4.21. The van der Waals surface area contributed by atoms with Crippen LogP contribution in [0.15, 0.2) is 0 Å². The summed E-state index contributed by atoms with van der Waals surface area (Å²) < 4.78 is 0. The summed E-state index contributed by atoms with van der Waals surface area (Å²) in [6.07, 6.45) is 5.11. The Morgan fingerprint density at radius 1 is 1.43 bits per heavy atom. The fourth-order valence-corrected chi connectivity index (χ4v) is 2.55. The van der Waals surface area contributed by atoms with E-state index in [4.69, 9.17) is 18.0 Å². The second-order valence-corrected chi connectivity index (χ2v) is 5.54. The molecular weight excluding hydrogens is 192 g/mol. The number of piperidine rings is 1. The molecule has 1 aliphatic carbocycles. The van der Waals surface area contributed by atoms with Crippen molar-refractivity contribution in [3.8, 4) is 0 Å². The van der Waals surface area contributed by atoms with E-state index in [-0.39, 0.29) is 5.41 Å². The van der Waals surface area contributed by atoms with Gasteiger partial charge in [0.2, 0.25) is 0 Å². The molecule has 0 radical (unpaired) electrons. The van der Waals surface area contributed by atoms with Crippen molar-refractivity contribution in [1.29, 1.82) is 0 Å². The van der Waals surface area contributed by atoms with Crippen molar-refractivity contribution in [2.24, 2.45) is 17.1 Å². The predicted molar refractivity (Wildman–Crippen MR) is 63.3 cm³/mol. The molecule has 1 heterocycles. The van der Waals surface area contributed by atoms with Crippen LogP contribution in [0.1, 0.15) is 32.6 Å². The first-order valence-electron chi connectivity index (χ1n) is 5.65. The van der Waals surface area contributed by atoms with Crippen molar-refractivity contribution in [2.75, 3.05) is 19.6 Å². The molecule has 0 spiro atoms. The molecule has 2 aliphatic rings. The van der Waals surface area contributed by atoms with Crippen LogP contribution in [0.3, 0.4) is 0 Å². The summed E-state index contributed by atoms with van der Waals surface area (Å²) in [6, 6.07) is 0. The van der Waals surface area contributed by atoms with E-state index in [1.165, 1.54) is 38.8 Å². The Balaban J connectivity index is 1.83. The molecule has 0 amide bonds. The Bertz CT molecular complexity index is 227. The quantitative estimate of drug-likeness (QED) is 0.723. The zero-order valence-electron chi connectivity index (χ0n) is 8.96. The van der Waals surface area contributed by atoms with Gasteiger partial charge in [-0.1, -0.05) is 19.1 Å². The highest BCUT2D eigenvalue weighted by Gasteiger charge is 2.46. The van der Waals surface area contributed by atoms with Gasteiger partial charge < -0.3 is 10.6 Å². The molecule has 2 rings (SSSR count). The number of rotatable bonds is 3. The van der Waals surface area contributed by atoms with Crippen LogP contribution >= 0.6 is 12.2 Å². The summed E-state index contributed by atoms with van der Waals surface area (Å²) in [5.74, 6) is 0.909. The lowest BCUT2D eigenvalue weighted by Crippen LogP contribution is -2.41. The van der Waals surface area contributed by atoms with Crippen molar-refractivity contribution in [3.63, 3.8) is 0 Å². The average molecular weight is 212 g/mol. The van der Waals surface area contributed by atoms with Crippen LogP contribution < -0.4 is 5.73 Å². The van der Waals surface area contributed by atoms with Gasteiger partial charge in [0.25, 0.3) is 0 Å². The lowest BCUT2D eigenvalue weighted by atomic mass is 9.97. The molecule has 2 N–H and O–H groups in total. The fourth-order valence-electron chi connectivity index (χ4n) is 2.28. The lowest BCUT2D eigenvalue weighted by molar-refractivity contribution is 0.176. The van der Waals surface area contributed by atoms with Crippen LogP contribution in [0, 0.1) is 11.3 Å². The minimum atomic E-state index is 0.232. The Hall–Kier alpha value is -0.150. The molecule has 2 fully saturated rings. The number of thiocarbonyl (C=S) groups is 1. The molecule has 1 saturated heterocycles. The monoisotopic (exact) mass is 212 g/mol. The number of hydrogen-bond donors (Lipinski definition) is 1. The largest absolute Gasteiger partial charge is 0.393 e. The molecule has 3 heteroatoms. The SMILES string of the molecule is CC1CCN(CC2(C(N)=S)CC2)CC1. The van der Waals surface area contributed by atoms with E-state index in [1.807, 2.05) is 0 Å². The van der Waals surface area contributed by atoms with Crippen LogP contribution in [0.4, 0.5) is 0 Å². The zero-order valence-corrected chi connectivity index (χ0v) is 9.78. The topological polar surface area (TPSA) is 29.3 Å². The van der Waals surface area contributed by atoms with E-state index in [0.717, 1.165) is 17.5 Å². The number of nitrogens with two attached hydrogens (primary N) is 1. The summed E-state index contributed by atoms with van der Waals surface area (Å²) in [6.45, 7) is 5.95. The Kier molecular flexibility index (Phi) is 2.80. The molecule has 1 saturated carbocycles.